The number of nitrogens with one attached hydrogen (secondary N) is 1. The summed E-state index contributed by atoms with van der Waals surface area (Å²) in [5.74, 6) is 0.401. The van der Waals surface area contributed by atoms with Crippen molar-refractivity contribution in [1.29, 1.82) is 0 Å². The van der Waals surface area contributed by atoms with Crippen molar-refractivity contribution in [1.82, 2.24) is 15.2 Å². The standard InChI is InChI=1S/C18H23FN4O3/c1-5-25-15-8-7-13(9-16(15)26-6-2)10-17(24)21-20-11-14-12(3)22-23(4)18(14)19/h7-9,11H,5-6,10H2,1-4H3,(H,21,24). The molecule has 0 spiro atoms. The SMILES string of the molecule is CCOc1ccc(CC(=O)NN=Cc2c(C)nn(C)c2F)cc1OCC. The first kappa shape index (κ1) is 19.4. The van der Waals surface area contributed by atoms with E-state index in [9.17, 15) is 9.18 Å². The van der Waals surface area contributed by atoms with E-state index in [2.05, 4.69) is 15.6 Å². The number of carbonyl (C=O) groups excluding carboxylic acids is 1. The fourth-order valence-corrected chi connectivity index (χ4v) is 2.39. The number of hydrazone groups is 1. The van der Waals surface area contributed by atoms with E-state index in [1.54, 1.807) is 25.1 Å². The molecule has 140 valence electrons. The Hall–Kier alpha value is -2.90. The summed E-state index contributed by atoms with van der Waals surface area (Å²) in [7, 11) is 1.50. The fraction of sp³-hybridized carbons (Fsp3) is 0.389. The number of amides is 1. The molecule has 1 aromatic heterocycles. The Kier molecular flexibility index (Phi) is 6.71. The molecule has 0 bridgehead atoms. The second kappa shape index (κ2) is 8.98. The molecule has 0 aliphatic rings. The third-order valence-electron chi connectivity index (χ3n) is 3.55. The van der Waals surface area contributed by atoms with Crippen LogP contribution >= 0.6 is 0 Å². The fourth-order valence-electron chi connectivity index (χ4n) is 2.39. The van der Waals surface area contributed by atoms with Crippen molar-refractivity contribution < 1.29 is 18.7 Å². The van der Waals surface area contributed by atoms with Crippen LogP contribution in [0.25, 0.3) is 0 Å². The van der Waals surface area contributed by atoms with E-state index in [0.717, 1.165) is 10.2 Å². The highest BCUT2D eigenvalue weighted by molar-refractivity contribution is 5.84. The van der Waals surface area contributed by atoms with Gasteiger partial charge < -0.3 is 9.47 Å². The minimum absolute atomic E-state index is 0.109. The van der Waals surface area contributed by atoms with Gasteiger partial charge in [-0.1, -0.05) is 6.07 Å². The van der Waals surface area contributed by atoms with E-state index < -0.39 is 5.95 Å². The number of hydrogen-bond acceptors (Lipinski definition) is 5. The van der Waals surface area contributed by atoms with E-state index in [-0.39, 0.29) is 17.9 Å². The van der Waals surface area contributed by atoms with Crippen LogP contribution in [-0.2, 0) is 18.3 Å². The third-order valence-corrected chi connectivity index (χ3v) is 3.55. The molecule has 1 aromatic carbocycles. The molecule has 1 amide bonds. The Bertz CT molecular complexity index is 802. The second-order valence-electron chi connectivity index (χ2n) is 5.53. The summed E-state index contributed by atoms with van der Waals surface area (Å²) >= 11 is 0. The van der Waals surface area contributed by atoms with Crippen LogP contribution in [0.1, 0.15) is 30.7 Å². The molecule has 0 aliphatic carbocycles. The second-order valence-corrected chi connectivity index (χ2v) is 5.53. The summed E-state index contributed by atoms with van der Waals surface area (Å²) in [4.78, 5) is 12.0. The zero-order valence-electron chi connectivity index (χ0n) is 15.4. The van der Waals surface area contributed by atoms with Gasteiger partial charge in [0.25, 0.3) is 0 Å². The summed E-state index contributed by atoms with van der Waals surface area (Å²) in [6.07, 6.45) is 1.36. The number of nitrogens with zero attached hydrogens (tertiary/aromatic N) is 3. The molecule has 0 atom stereocenters. The Morgan fingerprint density at radius 1 is 1.31 bits per heavy atom. The van der Waals surface area contributed by atoms with Crippen LogP contribution in [0, 0.1) is 12.9 Å². The molecule has 0 saturated heterocycles. The molecule has 0 radical (unpaired) electrons. The van der Waals surface area contributed by atoms with Crippen molar-refractivity contribution in [2.45, 2.75) is 27.2 Å². The van der Waals surface area contributed by atoms with E-state index in [0.29, 0.717) is 30.4 Å². The van der Waals surface area contributed by atoms with Crippen molar-refractivity contribution in [3.05, 3.63) is 41.0 Å². The Morgan fingerprint density at radius 3 is 2.62 bits per heavy atom. The van der Waals surface area contributed by atoms with Crippen LogP contribution in [0.15, 0.2) is 23.3 Å². The predicted molar refractivity (Wildman–Crippen MR) is 96.1 cm³/mol. The lowest BCUT2D eigenvalue weighted by atomic mass is 10.1. The molecule has 0 fully saturated rings. The van der Waals surface area contributed by atoms with Gasteiger partial charge in [0.05, 0.1) is 37.1 Å². The first-order chi connectivity index (χ1) is 12.5. The third kappa shape index (κ3) is 4.81. The van der Waals surface area contributed by atoms with Gasteiger partial charge in [0.1, 0.15) is 0 Å². The molecular weight excluding hydrogens is 339 g/mol. The van der Waals surface area contributed by atoms with E-state index >= 15 is 0 Å². The highest BCUT2D eigenvalue weighted by Gasteiger charge is 2.11. The average Bonchev–Trinajstić information content (AvgIpc) is 2.83. The molecule has 0 unspecified atom stereocenters. The quantitative estimate of drug-likeness (QED) is 0.578. The molecule has 1 heterocycles. The number of carbonyl (C=O) groups is 1. The molecule has 2 aromatic rings. The van der Waals surface area contributed by atoms with Crippen molar-refractivity contribution in [3.63, 3.8) is 0 Å². The number of halogens is 1. The maximum Gasteiger partial charge on any atom is 0.244 e. The van der Waals surface area contributed by atoms with Crippen LogP contribution in [0.3, 0.4) is 0 Å². The molecule has 2 rings (SSSR count). The normalized spacial score (nSPS) is 11.0. The highest BCUT2D eigenvalue weighted by atomic mass is 19.1. The summed E-state index contributed by atoms with van der Waals surface area (Å²) in [6, 6.07) is 5.33. The van der Waals surface area contributed by atoms with Gasteiger partial charge in [-0.15, -0.1) is 0 Å². The Labute approximate surface area is 151 Å². The first-order valence-electron chi connectivity index (χ1n) is 8.35. The van der Waals surface area contributed by atoms with E-state index in [4.69, 9.17) is 9.47 Å². The minimum atomic E-state index is -0.506. The molecule has 0 aliphatic heterocycles. The predicted octanol–water partition coefficient (Wildman–Crippen LogP) is 2.36. The number of benzene rings is 1. The Morgan fingerprint density at radius 2 is 2.00 bits per heavy atom. The lowest BCUT2D eigenvalue weighted by Gasteiger charge is -2.12. The van der Waals surface area contributed by atoms with Gasteiger partial charge in [-0.25, -0.2) is 10.1 Å². The zero-order valence-corrected chi connectivity index (χ0v) is 15.4. The van der Waals surface area contributed by atoms with Gasteiger partial charge in [-0.05, 0) is 38.5 Å². The summed E-state index contributed by atoms with van der Waals surface area (Å²) < 4.78 is 25.9. The van der Waals surface area contributed by atoms with Gasteiger partial charge in [0.15, 0.2) is 11.5 Å². The molecule has 26 heavy (non-hydrogen) atoms. The molecule has 0 saturated carbocycles. The summed E-state index contributed by atoms with van der Waals surface area (Å²) in [5, 5.41) is 7.74. The van der Waals surface area contributed by atoms with Gasteiger partial charge in [0.2, 0.25) is 11.9 Å². The highest BCUT2D eigenvalue weighted by Crippen LogP contribution is 2.28. The van der Waals surface area contributed by atoms with Crippen molar-refractivity contribution >= 4 is 12.1 Å². The minimum Gasteiger partial charge on any atom is -0.490 e. The molecular formula is C18H23FN4O3. The molecule has 7 nitrogen and oxygen atoms in total. The van der Waals surface area contributed by atoms with Gasteiger partial charge in [-0.2, -0.15) is 14.6 Å². The number of ether oxygens (including phenoxy) is 2. The summed E-state index contributed by atoms with van der Waals surface area (Å²) in [5.41, 5.74) is 3.89. The maximum atomic E-state index is 13.8. The lowest BCUT2D eigenvalue weighted by Crippen LogP contribution is -2.20. The zero-order chi connectivity index (χ0) is 19.1. The average molecular weight is 362 g/mol. The van der Waals surface area contributed by atoms with Crippen LogP contribution in [0.4, 0.5) is 4.39 Å². The van der Waals surface area contributed by atoms with Crippen LogP contribution in [0.2, 0.25) is 0 Å². The maximum absolute atomic E-state index is 13.8. The van der Waals surface area contributed by atoms with Crippen LogP contribution in [0.5, 0.6) is 11.5 Å². The van der Waals surface area contributed by atoms with E-state index in [1.807, 2.05) is 13.8 Å². The van der Waals surface area contributed by atoms with Gasteiger partial charge in [0, 0.05) is 7.05 Å². The smallest absolute Gasteiger partial charge is 0.244 e. The van der Waals surface area contributed by atoms with Gasteiger partial charge in [-0.3, -0.25) is 4.79 Å². The lowest BCUT2D eigenvalue weighted by molar-refractivity contribution is -0.120. The number of rotatable bonds is 8. The first-order valence-corrected chi connectivity index (χ1v) is 8.35. The van der Waals surface area contributed by atoms with Gasteiger partial charge >= 0.3 is 0 Å². The monoisotopic (exact) mass is 362 g/mol. The number of hydrogen-bond donors (Lipinski definition) is 1. The number of aromatic nitrogens is 2. The molecule has 1 N–H and O–H groups in total. The Balaban J connectivity index is 2.01. The van der Waals surface area contributed by atoms with Crippen LogP contribution in [-0.4, -0.2) is 35.1 Å². The summed E-state index contributed by atoms with van der Waals surface area (Å²) in [6.45, 7) is 6.46. The van der Waals surface area contributed by atoms with Crippen molar-refractivity contribution in [2.24, 2.45) is 12.1 Å². The van der Waals surface area contributed by atoms with Crippen LogP contribution < -0.4 is 14.9 Å². The van der Waals surface area contributed by atoms with E-state index in [1.165, 1.54) is 13.3 Å². The molecule has 8 heteroatoms. The van der Waals surface area contributed by atoms with Crippen molar-refractivity contribution in [3.8, 4) is 11.5 Å². The van der Waals surface area contributed by atoms with Crippen molar-refractivity contribution in [2.75, 3.05) is 13.2 Å². The largest absolute Gasteiger partial charge is 0.490 e. The number of aryl methyl sites for hydroxylation is 2. The topological polar surface area (TPSA) is 77.7 Å².